The molecule has 0 bridgehead atoms. The second-order valence-corrected chi connectivity index (χ2v) is 9.63. The standard InChI is InChI=1S/C25H28N2O5S/c1-33-13-10-21(23(29)30)26-22(28)14-25(11-12-25)27-24(31)32-15-20-18-8-4-2-6-16(18)17-7-3-5-9-19(17)20/h2-9,20-21H,10-15H2,1H3,(H,26,28)(H,27,31)(H,29,30)/t21-/m0/s1. The molecule has 2 aromatic carbocycles. The molecule has 1 saturated carbocycles. The number of carbonyl (C=O) groups is 3. The zero-order valence-corrected chi connectivity index (χ0v) is 19.3. The lowest BCUT2D eigenvalue weighted by atomic mass is 9.98. The number of fused-ring (bicyclic) bond motifs is 3. The molecular weight excluding hydrogens is 440 g/mol. The Morgan fingerprint density at radius 1 is 1.09 bits per heavy atom. The van der Waals surface area contributed by atoms with Crippen molar-refractivity contribution in [2.75, 3.05) is 18.6 Å². The van der Waals surface area contributed by atoms with Crippen molar-refractivity contribution in [3.63, 3.8) is 0 Å². The molecule has 8 heteroatoms. The molecule has 3 N–H and O–H groups in total. The van der Waals surface area contributed by atoms with Crippen LogP contribution in [0.1, 0.15) is 42.7 Å². The lowest BCUT2D eigenvalue weighted by molar-refractivity contribution is -0.142. The highest BCUT2D eigenvalue weighted by molar-refractivity contribution is 7.98. The van der Waals surface area contributed by atoms with Gasteiger partial charge in [0.2, 0.25) is 5.91 Å². The summed E-state index contributed by atoms with van der Waals surface area (Å²) in [5.74, 6) is -0.818. The Labute approximate surface area is 197 Å². The van der Waals surface area contributed by atoms with E-state index in [2.05, 4.69) is 34.9 Å². The number of carboxylic acid groups (broad SMARTS) is 1. The zero-order chi connectivity index (χ0) is 23.4. The number of hydrogen-bond acceptors (Lipinski definition) is 5. The number of nitrogens with one attached hydrogen (secondary N) is 2. The molecule has 0 unspecified atom stereocenters. The summed E-state index contributed by atoms with van der Waals surface area (Å²) in [7, 11) is 0. The van der Waals surface area contributed by atoms with Gasteiger partial charge in [-0.3, -0.25) is 4.79 Å². The fraction of sp³-hybridized carbons (Fsp3) is 0.400. The summed E-state index contributed by atoms with van der Waals surface area (Å²) >= 11 is 1.53. The minimum atomic E-state index is -1.05. The van der Waals surface area contributed by atoms with Crippen LogP contribution in [-0.2, 0) is 14.3 Å². The average Bonchev–Trinajstić information content (AvgIpc) is 3.47. The lowest BCUT2D eigenvalue weighted by Gasteiger charge is -2.20. The summed E-state index contributed by atoms with van der Waals surface area (Å²) in [6.07, 6.45) is 3.05. The Morgan fingerprint density at radius 2 is 1.70 bits per heavy atom. The molecule has 1 atom stereocenters. The van der Waals surface area contributed by atoms with Crippen LogP contribution in [0.5, 0.6) is 0 Å². The van der Waals surface area contributed by atoms with Gasteiger partial charge in [0.1, 0.15) is 12.6 Å². The van der Waals surface area contributed by atoms with Crippen LogP contribution in [0.4, 0.5) is 4.79 Å². The number of thioether (sulfide) groups is 1. The van der Waals surface area contributed by atoms with Crippen molar-refractivity contribution < 1.29 is 24.2 Å². The first-order valence-corrected chi connectivity index (χ1v) is 12.5. The summed E-state index contributed by atoms with van der Waals surface area (Å²) in [6, 6.07) is 15.3. The number of carbonyl (C=O) groups excluding carboxylic acids is 2. The van der Waals surface area contributed by atoms with Gasteiger partial charge in [0.15, 0.2) is 0 Å². The molecule has 2 aromatic rings. The number of rotatable bonds is 10. The fourth-order valence-electron chi connectivity index (χ4n) is 4.39. The molecule has 4 rings (SSSR count). The molecule has 33 heavy (non-hydrogen) atoms. The van der Waals surface area contributed by atoms with Crippen LogP contribution in [0.15, 0.2) is 48.5 Å². The van der Waals surface area contributed by atoms with E-state index in [1.54, 1.807) is 0 Å². The summed E-state index contributed by atoms with van der Waals surface area (Å²) in [5.41, 5.74) is 3.93. The first-order valence-electron chi connectivity index (χ1n) is 11.1. The van der Waals surface area contributed by atoms with Gasteiger partial charge in [0.25, 0.3) is 0 Å². The second kappa shape index (κ2) is 9.87. The fourth-order valence-corrected chi connectivity index (χ4v) is 4.87. The van der Waals surface area contributed by atoms with Crippen LogP contribution >= 0.6 is 11.8 Å². The zero-order valence-electron chi connectivity index (χ0n) is 18.5. The molecule has 0 radical (unpaired) electrons. The average molecular weight is 469 g/mol. The summed E-state index contributed by atoms with van der Waals surface area (Å²) in [5, 5.41) is 14.7. The Morgan fingerprint density at radius 3 is 2.24 bits per heavy atom. The summed E-state index contributed by atoms with van der Waals surface area (Å²) < 4.78 is 5.59. The van der Waals surface area contributed by atoms with Gasteiger partial charge in [-0.25, -0.2) is 9.59 Å². The van der Waals surface area contributed by atoms with E-state index < -0.39 is 23.6 Å². The van der Waals surface area contributed by atoms with Crippen LogP contribution in [-0.4, -0.2) is 53.3 Å². The first-order chi connectivity index (χ1) is 15.9. The number of amides is 2. The molecular formula is C25H28N2O5S. The largest absolute Gasteiger partial charge is 0.480 e. The smallest absolute Gasteiger partial charge is 0.407 e. The van der Waals surface area contributed by atoms with Gasteiger partial charge in [0.05, 0.1) is 5.54 Å². The van der Waals surface area contributed by atoms with Crippen molar-refractivity contribution in [1.29, 1.82) is 0 Å². The minimum Gasteiger partial charge on any atom is -0.480 e. The van der Waals surface area contributed by atoms with Crippen LogP contribution < -0.4 is 10.6 Å². The van der Waals surface area contributed by atoms with E-state index in [1.165, 1.54) is 11.8 Å². The molecule has 0 heterocycles. The van der Waals surface area contributed by atoms with E-state index in [9.17, 15) is 19.5 Å². The quantitative estimate of drug-likeness (QED) is 0.490. The number of aliphatic carboxylic acids is 1. The Kier molecular flexibility index (Phi) is 6.93. The monoisotopic (exact) mass is 468 g/mol. The molecule has 174 valence electrons. The van der Waals surface area contributed by atoms with Crippen molar-refractivity contribution in [3.05, 3.63) is 59.7 Å². The van der Waals surface area contributed by atoms with E-state index in [0.717, 1.165) is 22.3 Å². The van der Waals surface area contributed by atoms with Gasteiger partial charge >= 0.3 is 12.1 Å². The van der Waals surface area contributed by atoms with Gasteiger partial charge in [-0.15, -0.1) is 0 Å². The maximum absolute atomic E-state index is 12.6. The summed E-state index contributed by atoms with van der Waals surface area (Å²) in [4.78, 5) is 36.4. The SMILES string of the molecule is CSCC[C@H](NC(=O)CC1(NC(=O)OCC2c3ccccc3-c3ccccc32)CC1)C(=O)O. The third kappa shape index (κ3) is 5.33. The first kappa shape index (κ1) is 23.2. The number of carboxylic acids is 1. The van der Waals surface area contributed by atoms with Crippen molar-refractivity contribution in [3.8, 4) is 11.1 Å². The maximum atomic E-state index is 12.6. The molecule has 0 spiro atoms. The highest BCUT2D eigenvalue weighted by Gasteiger charge is 2.46. The normalized spacial score (nSPS) is 16.3. The van der Waals surface area contributed by atoms with Crippen LogP contribution in [0.25, 0.3) is 11.1 Å². The molecule has 2 aliphatic rings. The van der Waals surface area contributed by atoms with Crippen molar-refractivity contribution in [1.82, 2.24) is 10.6 Å². The molecule has 7 nitrogen and oxygen atoms in total. The van der Waals surface area contributed by atoms with E-state index in [0.29, 0.717) is 25.0 Å². The van der Waals surface area contributed by atoms with Crippen molar-refractivity contribution in [2.24, 2.45) is 0 Å². The molecule has 1 fully saturated rings. The third-order valence-corrected chi connectivity index (χ3v) is 6.95. The van der Waals surface area contributed by atoms with Gasteiger partial charge in [0, 0.05) is 12.3 Å². The van der Waals surface area contributed by atoms with E-state index in [-0.39, 0.29) is 24.9 Å². The van der Waals surface area contributed by atoms with E-state index in [1.807, 2.05) is 30.5 Å². The number of benzene rings is 2. The molecule has 0 saturated heterocycles. The maximum Gasteiger partial charge on any atom is 0.407 e. The molecule has 0 aromatic heterocycles. The van der Waals surface area contributed by atoms with Crippen LogP contribution in [0, 0.1) is 0 Å². The van der Waals surface area contributed by atoms with Crippen LogP contribution in [0.3, 0.4) is 0 Å². The van der Waals surface area contributed by atoms with Gasteiger partial charge < -0.3 is 20.5 Å². The van der Waals surface area contributed by atoms with Gasteiger partial charge in [-0.2, -0.15) is 11.8 Å². The van der Waals surface area contributed by atoms with E-state index in [4.69, 9.17) is 4.74 Å². The Balaban J connectivity index is 1.32. The molecule has 2 aliphatic carbocycles. The molecule has 0 aliphatic heterocycles. The minimum absolute atomic E-state index is 0.0330. The number of hydrogen-bond donors (Lipinski definition) is 3. The van der Waals surface area contributed by atoms with Gasteiger partial charge in [-0.05, 0) is 53.5 Å². The predicted octanol–water partition coefficient (Wildman–Crippen LogP) is 3.77. The molecule has 2 amide bonds. The van der Waals surface area contributed by atoms with Crippen LogP contribution in [0.2, 0.25) is 0 Å². The topological polar surface area (TPSA) is 105 Å². The predicted molar refractivity (Wildman–Crippen MR) is 127 cm³/mol. The van der Waals surface area contributed by atoms with Gasteiger partial charge in [-0.1, -0.05) is 48.5 Å². The second-order valence-electron chi connectivity index (χ2n) is 8.65. The van der Waals surface area contributed by atoms with E-state index >= 15 is 0 Å². The highest BCUT2D eigenvalue weighted by atomic mass is 32.2. The lowest BCUT2D eigenvalue weighted by Crippen LogP contribution is -2.46. The Hall–Kier alpha value is -3.00. The Bertz CT molecular complexity index is 1010. The summed E-state index contributed by atoms with van der Waals surface area (Å²) in [6.45, 7) is 0.206. The number of alkyl carbamates (subject to hydrolysis) is 1. The third-order valence-electron chi connectivity index (χ3n) is 6.31. The van der Waals surface area contributed by atoms with Crippen molar-refractivity contribution >= 4 is 29.7 Å². The number of ether oxygens (including phenoxy) is 1. The highest BCUT2D eigenvalue weighted by Crippen LogP contribution is 2.44. The van der Waals surface area contributed by atoms with Crippen molar-refractivity contribution in [2.45, 2.75) is 43.2 Å².